The van der Waals surface area contributed by atoms with Crippen molar-refractivity contribution in [2.75, 3.05) is 0 Å². The average Bonchev–Trinajstić information content (AvgIpc) is 2.67. The van der Waals surface area contributed by atoms with Gasteiger partial charge in [-0.1, -0.05) is 60.6 Å². The van der Waals surface area contributed by atoms with E-state index in [1.54, 1.807) is 6.07 Å². The van der Waals surface area contributed by atoms with Gasteiger partial charge in [-0.05, 0) is 41.8 Å². The number of benzene rings is 3. The van der Waals surface area contributed by atoms with Crippen molar-refractivity contribution >= 4 is 28.5 Å². The number of phenolic OH excluding ortho intramolecular Hbond substituents is 1. The second-order valence-corrected chi connectivity index (χ2v) is 6.67. The Kier molecular flexibility index (Phi) is 5.83. The number of hydrogen-bond donors (Lipinski definition) is 2. The highest BCUT2D eigenvalue weighted by atomic mass is 35.5. The molecule has 0 amide bonds. The normalized spacial score (nSPS) is 11.7. The second-order valence-electron chi connectivity index (χ2n) is 6.26. The van der Waals surface area contributed by atoms with Gasteiger partial charge in [0.15, 0.2) is 5.76 Å². The van der Waals surface area contributed by atoms with Gasteiger partial charge in [0.1, 0.15) is 11.6 Å². The Morgan fingerprint density at radius 1 is 1.00 bits per heavy atom. The fourth-order valence-electron chi connectivity index (χ4n) is 3.06. The van der Waals surface area contributed by atoms with Crippen LogP contribution in [0.5, 0.6) is 5.75 Å². The van der Waals surface area contributed by atoms with E-state index in [2.05, 4.69) is 6.58 Å². The molecule has 0 saturated carbocycles. The van der Waals surface area contributed by atoms with Crippen LogP contribution in [0.1, 0.15) is 22.3 Å². The monoisotopic (exact) mass is 395 g/mol. The molecule has 0 aliphatic heterocycles. The lowest BCUT2D eigenvalue weighted by molar-refractivity contribution is 0.290. The minimum absolute atomic E-state index is 0.0942. The molecule has 3 rings (SSSR count). The maximum absolute atomic E-state index is 14.6. The van der Waals surface area contributed by atoms with E-state index < -0.39 is 5.82 Å². The zero-order valence-corrected chi connectivity index (χ0v) is 16.0. The number of allylic oxidation sites excluding steroid dienone is 2. The Labute approximate surface area is 168 Å². The average molecular weight is 396 g/mol. The molecular weight excluding hydrogens is 377 g/mol. The highest BCUT2D eigenvalue weighted by Crippen LogP contribution is 2.40. The molecule has 0 heterocycles. The molecule has 0 fully saturated rings. The summed E-state index contributed by atoms with van der Waals surface area (Å²) in [5.41, 5.74) is 3.54. The highest BCUT2D eigenvalue weighted by Gasteiger charge is 2.22. The Morgan fingerprint density at radius 3 is 2.25 bits per heavy atom. The van der Waals surface area contributed by atoms with E-state index in [0.29, 0.717) is 21.7 Å². The summed E-state index contributed by atoms with van der Waals surface area (Å²) in [6.07, 6.45) is 0. The lowest BCUT2D eigenvalue weighted by atomic mass is 9.88. The van der Waals surface area contributed by atoms with Crippen molar-refractivity contribution in [3.63, 3.8) is 0 Å². The predicted octanol–water partition coefficient (Wildman–Crippen LogP) is 5.97. The Hall–Kier alpha value is -3.08. The number of nitrogens with two attached hydrogens (primary N) is 1. The van der Waals surface area contributed by atoms with Crippen molar-refractivity contribution in [1.82, 2.24) is 0 Å². The third-order valence-electron chi connectivity index (χ3n) is 4.46. The molecule has 0 radical (unpaired) electrons. The van der Waals surface area contributed by atoms with Gasteiger partial charge in [-0.3, -0.25) is 0 Å². The van der Waals surface area contributed by atoms with Gasteiger partial charge in [0, 0.05) is 22.2 Å². The van der Waals surface area contributed by atoms with Crippen LogP contribution in [0.25, 0.3) is 16.9 Å². The summed E-state index contributed by atoms with van der Waals surface area (Å²) in [6, 6.07) is 18.6. The lowest BCUT2D eigenvalue weighted by Crippen LogP contribution is -2.06. The summed E-state index contributed by atoms with van der Waals surface area (Å²) >= 11 is 6.37. The van der Waals surface area contributed by atoms with E-state index >= 15 is 0 Å². The van der Waals surface area contributed by atoms with Crippen LogP contribution in [0, 0.1) is 12.7 Å². The van der Waals surface area contributed by atoms with Crippen molar-refractivity contribution in [3.8, 4) is 5.75 Å². The first-order valence-corrected chi connectivity index (χ1v) is 8.92. The standard InChI is InChI=1S/C23H19ClFNO2/c1-14-7-3-4-8-17(14)22(15(2)18-9-5-6-10-20(18)24)23(28-26)19-12-11-16(27)13-21(19)25/h3-13,27H,2,26H2,1H3/b23-22+. The van der Waals surface area contributed by atoms with Gasteiger partial charge in [0.05, 0.1) is 5.56 Å². The predicted molar refractivity (Wildman–Crippen MR) is 112 cm³/mol. The zero-order valence-electron chi connectivity index (χ0n) is 15.2. The molecule has 0 saturated heterocycles. The molecule has 0 aliphatic rings. The first-order valence-electron chi connectivity index (χ1n) is 8.54. The summed E-state index contributed by atoms with van der Waals surface area (Å²) in [6.45, 7) is 6.12. The summed E-state index contributed by atoms with van der Waals surface area (Å²) in [5.74, 6) is 4.82. The maximum atomic E-state index is 14.6. The number of aryl methyl sites for hydroxylation is 1. The fraction of sp³-hybridized carbons (Fsp3) is 0.0435. The van der Waals surface area contributed by atoms with E-state index in [-0.39, 0.29) is 17.1 Å². The van der Waals surface area contributed by atoms with Crippen LogP contribution >= 0.6 is 11.6 Å². The van der Waals surface area contributed by atoms with Gasteiger partial charge in [0.25, 0.3) is 0 Å². The first-order chi connectivity index (χ1) is 13.4. The van der Waals surface area contributed by atoms with Crippen LogP contribution < -0.4 is 5.90 Å². The van der Waals surface area contributed by atoms with Crippen molar-refractivity contribution in [1.29, 1.82) is 0 Å². The molecule has 28 heavy (non-hydrogen) atoms. The van der Waals surface area contributed by atoms with Crippen LogP contribution in [0.15, 0.2) is 73.3 Å². The van der Waals surface area contributed by atoms with Crippen molar-refractivity contribution < 1.29 is 14.3 Å². The van der Waals surface area contributed by atoms with E-state index in [1.165, 1.54) is 12.1 Å². The molecule has 3 aromatic rings. The molecule has 3 nitrogen and oxygen atoms in total. The molecule has 0 atom stereocenters. The topological polar surface area (TPSA) is 55.5 Å². The van der Waals surface area contributed by atoms with Crippen molar-refractivity contribution in [2.45, 2.75) is 6.92 Å². The third-order valence-corrected chi connectivity index (χ3v) is 4.79. The molecule has 0 aliphatic carbocycles. The van der Waals surface area contributed by atoms with Crippen LogP contribution in [-0.2, 0) is 4.84 Å². The van der Waals surface area contributed by atoms with Crippen LogP contribution in [0.2, 0.25) is 5.02 Å². The summed E-state index contributed by atoms with van der Waals surface area (Å²) in [4.78, 5) is 5.17. The molecule has 0 spiro atoms. The van der Waals surface area contributed by atoms with Gasteiger partial charge < -0.3 is 9.94 Å². The maximum Gasteiger partial charge on any atom is 0.165 e. The van der Waals surface area contributed by atoms with Gasteiger partial charge in [-0.2, -0.15) is 5.90 Å². The number of aromatic hydroxyl groups is 1. The summed E-state index contributed by atoms with van der Waals surface area (Å²) < 4.78 is 14.6. The second kappa shape index (κ2) is 8.30. The number of halogens is 2. The number of phenols is 1. The molecule has 142 valence electrons. The highest BCUT2D eigenvalue weighted by molar-refractivity contribution is 6.33. The SMILES string of the molecule is C=C(/C(=C(\ON)c1ccc(O)cc1F)c1ccccc1C)c1ccccc1Cl. The Morgan fingerprint density at radius 2 is 1.64 bits per heavy atom. The number of hydrogen-bond acceptors (Lipinski definition) is 3. The quantitative estimate of drug-likeness (QED) is 0.242. The summed E-state index contributed by atoms with van der Waals surface area (Å²) in [7, 11) is 0. The molecule has 0 aromatic heterocycles. The van der Waals surface area contributed by atoms with E-state index in [1.807, 2.05) is 49.4 Å². The summed E-state index contributed by atoms with van der Waals surface area (Å²) in [5, 5.41) is 10.1. The fourth-order valence-corrected chi connectivity index (χ4v) is 3.31. The zero-order chi connectivity index (χ0) is 20.3. The third kappa shape index (κ3) is 3.79. The van der Waals surface area contributed by atoms with Gasteiger partial charge in [0.2, 0.25) is 0 Å². The lowest BCUT2D eigenvalue weighted by Gasteiger charge is -2.19. The van der Waals surface area contributed by atoms with Gasteiger partial charge in [-0.25, -0.2) is 4.39 Å². The first kappa shape index (κ1) is 19.7. The van der Waals surface area contributed by atoms with Crippen LogP contribution in [0.4, 0.5) is 4.39 Å². The minimum atomic E-state index is -0.668. The van der Waals surface area contributed by atoms with Crippen LogP contribution in [0.3, 0.4) is 0 Å². The van der Waals surface area contributed by atoms with Crippen molar-refractivity contribution in [2.24, 2.45) is 5.90 Å². The number of rotatable bonds is 5. The molecule has 0 unspecified atom stereocenters. The molecular formula is C23H19ClFNO2. The molecule has 0 bridgehead atoms. The smallest absolute Gasteiger partial charge is 0.165 e. The largest absolute Gasteiger partial charge is 0.508 e. The van der Waals surface area contributed by atoms with E-state index in [0.717, 1.165) is 17.2 Å². The Balaban J connectivity index is 2.35. The van der Waals surface area contributed by atoms with Gasteiger partial charge >= 0.3 is 0 Å². The molecule has 5 heteroatoms. The Bertz CT molecular complexity index is 1080. The molecule has 3 N–H and O–H groups in total. The van der Waals surface area contributed by atoms with Crippen LogP contribution in [-0.4, -0.2) is 5.11 Å². The molecule has 3 aromatic carbocycles. The van der Waals surface area contributed by atoms with E-state index in [9.17, 15) is 9.50 Å². The van der Waals surface area contributed by atoms with Gasteiger partial charge in [-0.15, -0.1) is 0 Å². The minimum Gasteiger partial charge on any atom is -0.508 e. The van der Waals surface area contributed by atoms with E-state index in [4.69, 9.17) is 22.3 Å². The van der Waals surface area contributed by atoms with Crippen molar-refractivity contribution in [3.05, 3.63) is 106 Å².